The third-order valence-electron chi connectivity index (χ3n) is 2.91. The summed E-state index contributed by atoms with van der Waals surface area (Å²) < 4.78 is 0. The van der Waals surface area contributed by atoms with Gasteiger partial charge in [0.1, 0.15) is 0 Å². The molecule has 0 aliphatic carbocycles. The predicted molar refractivity (Wildman–Crippen MR) is 62.5 cm³/mol. The fourth-order valence-corrected chi connectivity index (χ4v) is 2.17. The second-order valence-electron chi connectivity index (χ2n) is 4.13. The monoisotopic (exact) mass is 201 g/mol. The maximum Gasteiger partial charge on any atom is 0.162 e. The van der Waals surface area contributed by atoms with E-state index in [1.807, 2.05) is 13.8 Å². The Balaban J connectivity index is 2.98. The zero-order valence-corrected chi connectivity index (χ0v) is 9.56. The molecule has 0 saturated heterocycles. The largest absolute Gasteiger partial charge is 0.358 e. The smallest absolute Gasteiger partial charge is 0.162 e. The molecule has 1 N–H and O–H groups in total. The van der Waals surface area contributed by atoms with Crippen LogP contribution >= 0.6 is 0 Å². The Bertz CT molecular complexity index is 549. The van der Waals surface area contributed by atoms with Crippen LogP contribution in [-0.2, 0) is 0 Å². The van der Waals surface area contributed by atoms with Crippen molar-refractivity contribution >= 4 is 16.7 Å². The maximum absolute atomic E-state index is 11.6. The molecule has 0 bridgehead atoms. The molecule has 2 nitrogen and oxygen atoms in total. The van der Waals surface area contributed by atoms with Crippen LogP contribution in [0.2, 0.25) is 0 Å². The number of carbonyl (C=O) groups is 1. The first kappa shape index (κ1) is 9.97. The first-order chi connectivity index (χ1) is 7.02. The van der Waals surface area contributed by atoms with Gasteiger partial charge in [0.2, 0.25) is 0 Å². The third-order valence-corrected chi connectivity index (χ3v) is 2.91. The van der Waals surface area contributed by atoms with Gasteiger partial charge in [0.05, 0.1) is 0 Å². The number of hydrogen-bond acceptors (Lipinski definition) is 1. The number of ketones is 1. The van der Waals surface area contributed by atoms with E-state index >= 15 is 0 Å². The van der Waals surface area contributed by atoms with Gasteiger partial charge in [-0.3, -0.25) is 4.79 Å². The SMILES string of the molecule is CC(=O)c1c(C)[nH]c2c(C)ccc(C)c12. The molecule has 0 saturated carbocycles. The Morgan fingerprint density at radius 2 is 1.73 bits per heavy atom. The summed E-state index contributed by atoms with van der Waals surface area (Å²) in [6, 6.07) is 4.15. The van der Waals surface area contributed by atoms with Gasteiger partial charge in [-0.25, -0.2) is 0 Å². The molecule has 0 atom stereocenters. The Morgan fingerprint density at radius 3 is 2.33 bits per heavy atom. The van der Waals surface area contributed by atoms with Crippen molar-refractivity contribution in [1.29, 1.82) is 0 Å². The van der Waals surface area contributed by atoms with Gasteiger partial charge in [0.15, 0.2) is 5.78 Å². The van der Waals surface area contributed by atoms with Crippen molar-refractivity contribution in [3.8, 4) is 0 Å². The lowest BCUT2D eigenvalue weighted by molar-refractivity contribution is 0.101. The van der Waals surface area contributed by atoms with E-state index in [9.17, 15) is 4.79 Å². The highest BCUT2D eigenvalue weighted by molar-refractivity contribution is 6.09. The fraction of sp³-hybridized carbons (Fsp3) is 0.308. The average Bonchev–Trinajstić information content (AvgIpc) is 2.50. The third kappa shape index (κ3) is 1.37. The summed E-state index contributed by atoms with van der Waals surface area (Å²) >= 11 is 0. The van der Waals surface area contributed by atoms with Crippen molar-refractivity contribution in [2.75, 3.05) is 0 Å². The van der Waals surface area contributed by atoms with E-state index in [2.05, 4.69) is 24.0 Å². The van der Waals surface area contributed by atoms with Gasteiger partial charge in [-0.1, -0.05) is 12.1 Å². The predicted octanol–water partition coefficient (Wildman–Crippen LogP) is 3.30. The summed E-state index contributed by atoms with van der Waals surface area (Å²) in [7, 11) is 0. The first-order valence-corrected chi connectivity index (χ1v) is 5.11. The standard InChI is InChI=1S/C13H15NO/c1-7-5-6-8(2)13-11(7)12(10(4)15)9(3)14-13/h5-6,14H,1-4H3. The summed E-state index contributed by atoms with van der Waals surface area (Å²) in [5.41, 5.74) is 5.25. The minimum Gasteiger partial charge on any atom is -0.358 e. The number of Topliss-reactive ketones (excluding diaryl/α,β-unsaturated/α-hetero) is 1. The second-order valence-corrected chi connectivity index (χ2v) is 4.13. The molecule has 0 radical (unpaired) electrons. The topological polar surface area (TPSA) is 32.9 Å². The highest BCUT2D eigenvalue weighted by atomic mass is 16.1. The van der Waals surface area contributed by atoms with Crippen molar-refractivity contribution < 1.29 is 4.79 Å². The molecular formula is C13H15NO. The molecule has 0 unspecified atom stereocenters. The molecule has 0 aliphatic heterocycles. The van der Waals surface area contributed by atoms with Crippen LogP contribution in [0.5, 0.6) is 0 Å². The van der Waals surface area contributed by atoms with Crippen LogP contribution in [0.4, 0.5) is 0 Å². The van der Waals surface area contributed by atoms with Crippen molar-refractivity contribution in [3.05, 3.63) is 34.5 Å². The number of carbonyl (C=O) groups excluding carboxylic acids is 1. The number of rotatable bonds is 1. The average molecular weight is 201 g/mol. The molecule has 78 valence electrons. The number of aromatic amines is 1. The van der Waals surface area contributed by atoms with Crippen LogP contribution in [0.3, 0.4) is 0 Å². The van der Waals surface area contributed by atoms with Gasteiger partial charge in [0, 0.05) is 22.2 Å². The minimum absolute atomic E-state index is 0.132. The van der Waals surface area contributed by atoms with Crippen LogP contribution in [0, 0.1) is 20.8 Å². The van der Waals surface area contributed by atoms with Crippen LogP contribution < -0.4 is 0 Å². The van der Waals surface area contributed by atoms with Gasteiger partial charge in [-0.15, -0.1) is 0 Å². The Kier molecular flexibility index (Phi) is 2.14. The van der Waals surface area contributed by atoms with Gasteiger partial charge in [-0.05, 0) is 38.8 Å². The van der Waals surface area contributed by atoms with Crippen molar-refractivity contribution in [3.63, 3.8) is 0 Å². The molecule has 1 aromatic carbocycles. The van der Waals surface area contributed by atoms with Gasteiger partial charge in [-0.2, -0.15) is 0 Å². The number of hydrogen-bond donors (Lipinski definition) is 1. The highest BCUT2D eigenvalue weighted by Crippen LogP contribution is 2.28. The quantitative estimate of drug-likeness (QED) is 0.705. The van der Waals surface area contributed by atoms with Crippen LogP contribution in [0.25, 0.3) is 10.9 Å². The fourth-order valence-electron chi connectivity index (χ4n) is 2.17. The summed E-state index contributed by atoms with van der Waals surface area (Å²) in [5, 5.41) is 1.08. The van der Waals surface area contributed by atoms with Crippen molar-refractivity contribution in [2.45, 2.75) is 27.7 Å². The second kappa shape index (κ2) is 3.23. The lowest BCUT2D eigenvalue weighted by Crippen LogP contribution is -1.94. The van der Waals surface area contributed by atoms with E-state index in [1.165, 1.54) is 5.56 Å². The molecule has 0 fully saturated rings. The number of H-pyrrole nitrogens is 1. The van der Waals surface area contributed by atoms with Gasteiger partial charge >= 0.3 is 0 Å². The molecule has 0 amide bonds. The van der Waals surface area contributed by atoms with Crippen LogP contribution in [-0.4, -0.2) is 10.8 Å². The van der Waals surface area contributed by atoms with Crippen LogP contribution in [0.15, 0.2) is 12.1 Å². The number of benzene rings is 1. The highest BCUT2D eigenvalue weighted by Gasteiger charge is 2.15. The molecular weight excluding hydrogens is 186 g/mol. The normalized spacial score (nSPS) is 10.9. The van der Waals surface area contributed by atoms with Gasteiger partial charge in [0.25, 0.3) is 0 Å². The number of aromatic nitrogens is 1. The first-order valence-electron chi connectivity index (χ1n) is 5.11. The van der Waals surface area contributed by atoms with E-state index in [1.54, 1.807) is 6.92 Å². The minimum atomic E-state index is 0.132. The van der Waals surface area contributed by atoms with Crippen molar-refractivity contribution in [1.82, 2.24) is 4.98 Å². The summed E-state index contributed by atoms with van der Waals surface area (Å²) in [6.07, 6.45) is 0. The molecule has 1 aromatic heterocycles. The lowest BCUT2D eigenvalue weighted by atomic mass is 10.0. The molecule has 0 spiro atoms. The molecule has 2 rings (SSSR count). The molecule has 1 heterocycles. The lowest BCUT2D eigenvalue weighted by Gasteiger charge is -2.01. The zero-order chi connectivity index (χ0) is 11.2. The molecule has 2 heteroatoms. The van der Waals surface area contributed by atoms with Gasteiger partial charge < -0.3 is 4.98 Å². The van der Waals surface area contributed by atoms with Crippen molar-refractivity contribution in [2.24, 2.45) is 0 Å². The summed E-state index contributed by atoms with van der Waals surface area (Å²) in [6.45, 7) is 7.68. The summed E-state index contributed by atoms with van der Waals surface area (Å²) in [4.78, 5) is 14.9. The number of fused-ring (bicyclic) bond motifs is 1. The maximum atomic E-state index is 11.6. The number of aryl methyl sites for hydroxylation is 3. The van der Waals surface area contributed by atoms with E-state index in [0.717, 1.165) is 27.7 Å². The summed E-state index contributed by atoms with van der Waals surface area (Å²) in [5.74, 6) is 0.132. The van der Waals surface area contributed by atoms with E-state index in [-0.39, 0.29) is 5.78 Å². The Hall–Kier alpha value is -1.57. The Morgan fingerprint density at radius 1 is 1.13 bits per heavy atom. The van der Waals surface area contributed by atoms with E-state index in [4.69, 9.17) is 0 Å². The van der Waals surface area contributed by atoms with E-state index < -0.39 is 0 Å². The molecule has 0 aliphatic rings. The Labute approximate surface area is 89.3 Å². The molecule has 2 aromatic rings. The number of nitrogens with one attached hydrogen (secondary N) is 1. The van der Waals surface area contributed by atoms with Crippen LogP contribution in [0.1, 0.15) is 34.1 Å². The molecule has 15 heavy (non-hydrogen) atoms. The van der Waals surface area contributed by atoms with E-state index in [0.29, 0.717) is 0 Å². The zero-order valence-electron chi connectivity index (χ0n) is 9.56.